The van der Waals surface area contributed by atoms with Crippen LogP contribution in [0, 0.1) is 5.92 Å². The zero-order valence-electron chi connectivity index (χ0n) is 22.8. The van der Waals surface area contributed by atoms with E-state index in [1.165, 1.54) is 0 Å². The highest BCUT2D eigenvalue weighted by molar-refractivity contribution is 6.23. The molecule has 3 fully saturated rings. The summed E-state index contributed by atoms with van der Waals surface area (Å²) in [4.78, 5) is 69.2. The summed E-state index contributed by atoms with van der Waals surface area (Å²) in [7, 11) is 0. The Morgan fingerprint density at radius 2 is 1.41 bits per heavy atom. The number of rotatable bonds is 6. The van der Waals surface area contributed by atoms with E-state index in [0.717, 1.165) is 74.9 Å². The molecule has 4 amide bonds. The first-order valence-corrected chi connectivity index (χ1v) is 14.2. The second-order valence-electron chi connectivity index (χ2n) is 11.2. The number of hydrogen-bond donors (Lipinski definition) is 2. The number of carbonyl (C=O) groups excluding carboxylic acids is 4. The first-order chi connectivity index (χ1) is 19.8. The van der Waals surface area contributed by atoms with E-state index in [1.54, 1.807) is 24.3 Å². The predicted molar refractivity (Wildman–Crippen MR) is 150 cm³/mol. The fourth-order valence-electron chi connectivity index (χ4n) is 6.40. The molecule has 0 aliphatic carbocycles. The van der Waals surface area contributed by atoms with E-state index in [9.17, 15) is 24.0 Å². The van der Waals surface area contributed by atoms with Gasteiger partial charge in [-0.2, -0.15) is 0 Å². The number of carboxylic acids is 1. The minimum atomic E-state index is -0.960. The molecule has 0 aromatic heterocycles. The lowest BCUT2D eigenvalue weighted by molar-refractivity contribution is -0.136. The summed E-state index contributed by atoms with van der Waals surface area (Å²) >= 11 is 0. The lowest BCUT2D eigenvalue weighted by Crippen LogP contribution is -2.54. The zero-order chi connectivity index (χ0) is 28.7. The van der Waals surface area contributed by atoms with Crippen molar-refractivity contribution in [2.45, 2.75) is 31.7 Å². The molecule has 2 aromatic carbocycles. The Morgan fingerprint density at radius 3 is 2.07 bits per heavy atom. The number of amides is 4. The van der Waals surface area contributed by atoms with E-state index < -0.39 is 29.7 Å². The number of benzene rings is 2. The van der Waals surface area contributed by atoms with Crippen molar-refractivity contribution in [1.82, 2.24) is 15.1 Å². The van der Waals surface area contributed by atoms with Crippen LogP contribution in [0.1, 0.15) is 56.8 Å². The Hall–Kier alpha value is -4.25. The van der Waals surface area contributed by atoms with Gasteiger partial charge in [-0.1, -0.05) is 0 Å². The van der Waals surface area contributed by atoms with E-state index in [1.807, 2.05) is 18.2 Å². The zero-order valence-corrected chi connectivity index (χ0v) is 22.8. The number of piperidine rings is 2. The highest BCUT2D eigenvalue weighted by atomic mass is 16.4. The van der Waals surface area contributed by atoms with Crippen LogP contribution < -0.4 is 15.1 Å². The fourth-order valence-corrected chi connectivity index (χ4v) is 6.40. The number of fused-ring (bicyclic) bond motifs is 1. The number of piperazine rings is 1. The van der Waals surface area contributed by atoms with Crippen LogP contribution in [0.5, 0.6) is 0 Å². The van der Waals surface area contributed by atoms with Crippen LogP contribution in [-0.2, 0) is 9.59 Å². The highest BCUT2D eigenvalue weighted by Gasteiger charge is 2.44. The molecule has 4 aliphatic heterocycles. The smallest absolute Gasteiger partial charge is 0.335 e. The van der Waals surface area contributed by atoms with Gasteiger partial charge in [0.1, 0.15) is 6.04 Å². The van der Waals surface area contributed by atoms with Crippen LogP contribution >= 0.6 is 0 Å². The number of carboxylic acid groups (broad SMARTS) is 1. The van der Waals surface area contributed by atoms with Crippen molar-refractivity contribution < 1.29 is 29.1 Å². The molecule has 214 valence electrons. The third-order valence-corrected chi connectivity index (χ3v) is 8.77. The maximum Gasteiger partial charge on any atom is 0.335 e. The molecule has 3 saturated heterocycles. The van der Waals surface area contributed by atoms with Crippen molar-refractivity contribution in [2.75, 3.05) is 55.6 Å². The number of carbonyl (C=O) groups is 5. The maximum absolute atomic E-state index is 13.2. The number of nitrogens with one attached hydrogen (secondary N) is 1. The number of aromatic carboxylic acids is 1. The van der Waals surface area contributed by atoms with Gasteiger partial charge in [0.2, 0.25) is 11.8 Å². The third kappa shape index (κ3) is 5.29. The minimum Gasteiger partial charge on any atom is -0.478 e. The molecule has 0 radical (unpaired) electrons. The second-order valence-corrected chi connectivity index (χ2v) is 11.2. The van der Waals surface area contributed by atoms with E-state index in [0.29, 0.717) is 22.6 Å². The summed E-state index contributed by atoms with van der Waals surface area (Å²) in [6, 6.07) is 11.4. The van der Waals surface area contributed by atoms with Crippen LogP contribution in [0.2, 0.25) is 0 Å². The van der Waals surface area contributed by atoms with Crippen molar-refractivity contribution in [3.8, 4) is 0 Å². The summed E-state index contributed by atoms with van der Waals surface area (Å²) in [5.41, 5.74) is 2.87. The Bertz CT molecular complexity index is 1390. The van der Waals surface area contributed by atoms with Gasteiger partial charge in [-0.15, -0.1) is 0 Å². The molecular weight excluding hydrogens is 526 g/mol. The molecule has 0 bridgehead atoms. The molecule has 41 heavy (non-hydrogen) atoms. The standard InChI is InChI=1S/C30H33N5O6/c36-26-8-7-25(27(37)31-26)35-28(38)23-6-5-22(17-24(23)29(35)39)33-11-9-19(10-12-33)18-32-13-15-34(16-14-32)21-3-1-20(2-4-21)30(40)41/h1-6,17,19,25H,7-16,18H2,(H,40,41)(H,31,36,37). The first-order valence-electron chi connectivity index (χ1n) is 14.2. The fraction of sp³-hybridized carbons (Fsp3) is 0.433. The molecule has 2 aromatic rings. The SMILES string of the molecule is O=C1CCC(N2C(=O)c3ccc(N4CCC(CN5CCN(c6ccc(C(=O)O)cc6)CC5)CC4)cc3C2=O)C(=O)N1. The largest absolute Gasteiger partial charge is 0.478 e. The van der Waals surface area contributed by atoms with E-state index in [2.05, 4.69) is 20.0 Å². The minimum absolute atomic E-state index is 0.0993. The molecule has 11 heteroatoms. The Morgan fingerprint density at radius 1 is 0.780 bits per heavy atom. The van der Waals surface area contributed by atoms with Crippen molar-refractivity contribution in [1.29, 1.82) is 0 Å². The van der Waals surface area contributed by atoms with Crippen LogP contribution in [0.4, 0.5) is 11.4 Å². The molecule has 1 atom stereocenters. The molecular formula is C30H33N5O6. The van der Waals surface area contributed by atoms with E-state index in [-0.39, 0.29) is 18.7 Å². The van der Waals surface area contributed by atoms with Crippen LogP contribution in [0.25, 0.3) is 0 Å². The highest BCUT2D eigenvalue weighted by Crippen LogP contribution is 2.32. The lowest BCUT2D eigenvalue weighted by atomic mass is 9.95. The average molecular weight is 560 g/mol. The Balaban J connectivity index is 1.01. The van der Waals surface area contributed by atoms with Crippen LogP contribution in [-0.4, -0.2) is 96.4 Å². The molecule has 1 unspecified atom stereocenters. The summed E-state index contributed by atoms with van der Waals surface area (Å²) in [6.45, 7) is 6.50. The number of hydrogen-bond acceptors (Lipinski definition) is 8. The van der Waals surface area contributed by atoms with Crippen LogP contribution in [0.15, 0.2) is 42.5 Å². The van der Waals surface area contributed by atoms with Gasteiger partial charge in [-0.25, -0.2) is 4.79 Å². The topological polar surface area (TPSA) is 131 Å². The molecule has 2 N–H and O–H groups in total. The third-order valence-electron chi connectivity index (χ3n) is 8.77. The molecule has 11 nitrogen and oxygen atoms in total. The first kappa shape index (κ1) is 26.9. The number of anilines is 2. The molecule has 4 aliphatic rings. The lowest BCUT2D eigenvalue weighted by Gasteiger charge is -2.40. The maximum atomic E-state index is 13.2. The monoisotopic (exact) mass is 559 g/mol. The van der Waals surface area contributed by atoms with Crippen LogP contribution in [0.3, 0.4) is 0 Å². The van der Waals surface area contributed by atoms with Gasteiger partial charge in [0.25, 0.3) is 11.8 Å². The van der Waals surface area contributed by atoms with Crippen molar-refractivity contribution in [2.24, 2.45) is 5.92 Å². The molecule has 0 saturated carbocycles. The Kier molecular flexibility index (Phi) is 7.21. The van der Waals surface area contributed by atoms with Gasteiger partial charge < -0.3 is 14.9 Å². The van der Waals surface area contributed by atoms with Gasteiger partial charge in [0.15, 0.2) is 0 Å². The van der Waals surface area contributed by atoms with Crippen molar-refractivity contribution in [3.63, 3.8) is 0 Å². The summed E-state index contributed by atoms with van der Waals surface area (Å²) < 4.78 is 0. The number of nitrogens with zero attached hydrogens (tertiary/aromatic N) is 4. The number of imide groups is 2. The van der Waals surface area contributed by atoms with E-state index in [4.69, 9.17) is 5.11 Å². The van der Waals surface area contributed by atoms with Gasteiger partial charge in [-0.05, 0) is 67.6 Å². The van der Waals surface area contributed by atoms with Gasteiger partial charge in [0, 0.05) is 63.6 Å². The van der Waals surface area contributed by atoms with E-state index >= 15 is 0 Å². The summed E-state index contributed by atoms with van der Waals surface area (Å²) in [5, 5.41) is 11.3. The normalized spacial score (nSPS) is 22.2. The van der Waals surface area contributed by atoms with Gasteiger partial charge in [-0.3, -0.25) is 34.3 Å². The van der Waals surface area contributed by atoms with Crippen molar-refractivity contribution >= 4 is 41.0 Å². The second kappa shape index (κ2) is 11.0. The van der Waals surface area contributed by atoms with Crippen molar-refractivity contribution in [3.05, 3.63) is 59.2 Å². The molecule has 4 heterocycles. The van der Waals surface area contributed by atoms with Gasteiger partial charge in [0.05, 0.1) is 16.7 Å². The summed E-state index contributed by atoms with van der Waals surface area (Å²) in [6.07, 6.45) is 2.31. The average Bonchev–Trinajstić information content (AvgIpc) is 3.23. The van der Waals surface area contributed by atoms with Gasteiger partial charge >= 0.3 is 5.97 Å². The summed E-state index contributed by atoms with van der Waals surface area (Å²) in [5.74, 6) is -2.29. The Labute approximate surface area is 237 Å². The quantitative estimate of drug-likeness (QED) is 0.509. The molecule has 6 rings (SSSR count). The molecule has 0 spiro atoms. The predicted octanol–water partition coefficient (Wildman–Crippen LogP) is 1.82.